The van der Waals surface area contributed by atoms with Crippen LogP contribution in [-0.4, -0.2) is 41.1 Å². The zero-order chi connectivity index (χ0) is 22.7. The number of hydrogen-bond donors (Lipinski definition) is 1. The van der Waals surface area contributed by atoms with Crippen molar-refractivity contribution in [2.45, 2.75) is 6.04 Å². The summed E-state index contributed by atoms with van der Waals surface area (Å²) in [6.45, 7) is 2.87. The van der Waals surface area contributed by atoms with E-state index in [1.54, 1.807) is 42.5 Å². The van der Waals surface area contributed by atoms with Crippen molar-refractivity contribution in [2.75, 3.05) is 31.5 Å². The zero-order valence-corrected chi connectivity index (χ0v) is 19.4. The molecule has 1 fully saturated rings. The normalized spacial score (nSPS) is 14.6. The lowest BCUT2D eigenvalue weighted by atomic mass is 9.96. The molecule has 1 saturated heterocycles. The zero-order valence-electron chi connectivity index (χ0n) is 17.1. The second-order valence-corrected chi connectivity index (χ2v) is 8.81. The molecule has 0 bridgehead atoms. The molecule has 0 aromatic heterocycles. The average molecular weight is 492 g/mol. The van der Waals surface area contributed by atoms with Crippen molar-refractivity contribution in [3.05, 3.63) is 99.5 Å². The Morgan fingerprint density at radius 3 is 1.84 bits per heavy atom. The van der Waals surface area contributed by atoms with Gasteiger partial charge < -0.3 is 10.2 Å². The van der Waals surface area contributed by atoms with Gasteiger partial charge in [-0.2, -0.15) is 0 Å². The van der Waals surface area contributed by atoms with Gasteiger partial charge in [0.15, 0.2) is 5.11 Å². The number of benzene rings is 3. The van der Waals surface area contributed by atoms with Crippen molar-refractivity contribution < 1.29 is 8.78 Å². The molecular formula is C24H21Cl2F2N3S. The van der Waals surface area contributed by atoms with Crippen LogP contribution < -0.4 is 5.32 Å². The minimum atomic E-state index is -0.284. The van der Waals surface area contributed by atoms with Gasteiger partial charge in [-0.15, -0.1) is 0 Å². The molecule has 166 valence electrons. The van der Waals surface area contributed by atoms with Crippen molar-refractivity contribution in [3.63, 3.8) is 0 Å². The second kappa shape index (κ2) is 10.1. The number of anilines is 1. The maximum atomic E-state index is 13.5. The molecule has 3 aromatic rings. The number of hydrogen-bond acceptors (Lipinski definition) is 2. The van der Waals surface area contributed by atoms with E-state index >= 15 is 0 Å². The lowest BCUT2D eigenvalue weighted by Gasteiger charge is -2.40. The quantitative estimate of drug-likeness (QED) is 0.426. The van der Waals surface area contributed by atoms with E-state index in [1.165, 1.54) is 24.3 Å². The fourth-order valence-electron chi connectivity index (χ4n) is 3.87. The lowest BCUT2D eigenvalue weighted by Crippen LogP contribution is -2.51. The van der Waals surface area contributed by atoms with E-state index in [-0.39, 0.29) is 17.7 Å². The van der Waals surface area contributed by atoms with Crippen molar-refractivity contribution >= 4 is 46.2 Å². The van der Waals surface area contributed by atoms with Crippen LogP contribution in [0.15, 0.2) is 66.7 Å². The summed E-state index contributed by atoms with van der Waals surface area (Å²) in [4.78, 5) is 4.39. The monoisotopic (exact) mass is 491 g/mol. The molecule has 32 heavy (non-hydrogen) atoms. The minimum absolute atomic E-state index is 0.106. The highest BCUT2D eigenvalue weighted by atomic mass is 35.5. The largest absolute Gasteiger partial charge is 0.346 e. The van der Waals surface area contributed by atoms with Gasteiger partial charge in [0.2, 0.25) is 0 Å². The van der Waals surface area contributed by atoms with Gasteiger partial charge in [0.1, 0.15) is 11.6 Å². The highest BCUT2D eigenvalue weighted by Gasteiger charge is 2.27. The van der Waals surface area contributed by atoms with Crippen molar-refractivity contribution in [3.8, 4) is 0 Å². The number of piperazine rings is 1. The Balaban J connectivity index is 1.47. The molecule has 0 aliphatic carbocycles. The highest BCUT2D eigenvalue weighted by molar-refractivity contribution is 7.80. The van der Waals surface area contributed by atoms with E-state index in [9.17, 15) is 8.78 Å². The maximum absolute atomic E-state index is 13.5. The summed E-state index contributed by atoms with van der Waals surface area (Å²) in [7, 11) is 0. The third-order valence-electron chi connectivity index (χ3n) is 5.51. The van der Waals surface area contributed by atoms with Gasteiger partial charge >= 0.3 is 0 Å². The summed E-state index contributed by atoms with van der Waals surface area (Å²) in [6, 6.07) is 18.1. The molecule has 1 N–H and O–H groups in total. The van der Waals surface area contributed by atoms with Crippen LogP contribution >= 0.6 is 35.4 Å². The molecule has 3 nitrogen and oxygen atoms in total. The predicted octanol–water partition coefficient (Wildman–Crippen LogP) is 6.38. The van der Waals surface area contributed by atoms with E-state index in [0.29, 0.717) is 33.9 Å². The highest BCUT2D eigenvalue weighted by Crippen LogP contribution is 2.30. The Kier molecular flexibility index (Phi) is 7.26. The molecule has 0 spiro atoms. The molecule has 1 heterocycles. The van der Waals surface area contributed by atoms with Crippen LogP contribution in [0.3, 0.4) is 0 Å². The predicted molar refractivity (Wildman–Crippen MR) is 130 cm³/mol. The van der Waals surface area contributed by atoms with Crippen LogP contribution in [0.1, 0.15) is 17.2 Å². The second-order valence-electron chi connectivity index (χ2n) is 7.58. The smallest absolute Gasteiger partial charge is 0.173 e. The number of nitrogens with one attached hydrogen (secondary N) is 1. The fourth-order valence-corrected chi connectivity index (χ4v) is 4.62. The van der Waals surface area contributed by atoms with Gasteiger partial charge in [0, 0.05) is 31.2 Å². The number of nitrogens with zero attached hydrogens (tertiary/aromatic N) is 2. The molecule has 0 unspecified atom stereocenters. The summed E-state index contributed by atoms with van der Waals surface area (Å²) in [6.07, 6.45) is 0. The lowest BCUT2D eigenvalue weighted by molar-refractivity contribution is 0.151. The molecule has 1 aliphatic rings. The van der Waals surface area contributed by atoms with Crippen LogP contribution in [-0.2, 0) is 0 Å². The topological polar surface area (TPSA) is 18.5 Å². The molecule has 0 amide bonds. The number of thiocarbonyl (C=S) groups is 1. The number of rotatable bonds is 4. The Morgan fingerprint density at radius 1 is 0.812 bits per heavy atom. The van der Waals surface area contributed by atoms with E-state index < -0.39 is 0 Å². The standard InChI is InChI=1S/C24H21Cl2F2N3S/c25-18-5-10-22(21(26)15-18)29-24(32)31-13-11-30(12-14-31)23(16-1-6-19(27)7-2-16)17-3-8-20(28)9-4-17/h1-10,15,23H,11-14H2,(H,29,32). The molecule has 3 aromatic carbocycles. The average Bonchev–Trinajstić information content (AvgIpc) is 2.79. The molecule has 0 radical (unpaired) electrons. The first kappa shape index (κ1) is 22.9. The summed E-state index contributed by atoms with van der Waals surface area (Å²) in [5.74, 6) is -0.567. The minimum Gasteiger partial charge on any atom is -0.346 e. The molecule has 4 rings (SSSR count). The van der Waals surface area contributed by atoms with Crippen LogP contribution in [0.5, 0.6) is 0 Å². The summed E-state index contributed by atoms with van der Waals surface area (Å²) >= 11 is 17.8. The molecule has 0 atom stereocenters. The van der Waals surface area contributed by atoms with Gasteiger partial charge in [0.25, 0.3) is 0 Å². The first-order valence-electron chi connectivity index (χ1n) is 10.2. The summed E-state index contributed by atoms with van der Waals surface area (Å²) in [5.41, 5.74) is 2.62. The Hall–Kier alpha value is -2.25. The van der Waals surface area contributed by atoms with Gasteiger partial charge in [0.05, 0.1) is 16.8 Å². The third kappa shape index (κ3) is 5.38. The Labute approximate surface area is 201 Å². The van der Waals surface area contributed by atoms with Crippen molar-refractivity contribution in [1.82, 2.24) is 9.80 Å². The van der Waals surface area contributed by atoms with Crippen molar-refractivity contribution in [1.29, 1.82) is 0 Å². The molecular weight excluding hydrogens is 471 g/mol. The van der Waals surface area contributed by atoms with E-state index in [1.807, 2.05) is 0 Å². The Bertz CT molecular complexity index is 1040. The van der Waals surface area contributed by atoms with E-state index in [4.69, 9.17) is 35.4 Å². The van der Waals surface area contributed by atoms with E-state index in [2.05, 4.69) is 15.1 Å². The van der Waals surface area contributed by atoms with Crippen LogP contribution in [0.2, 0.25) is 10.0 Å². The summed E-state index contributed by atoms with van der Waals surface area (Å²) in [5, 5.41) is 4.85. The van der Waals surface area contributed by atoms with Gasteiger partial charge in [-0.25, -0.2) is 8.78 Å². The van der Waals surface area contributed by atoms with Crippen molar-refractivity contribution in [2.24, 2.45) is 0 Å². The first-order chi connectivity index (χ1) is 15.4. The molecule has 8 heteroatoms. The molecule has 0 saturated carbocycles. The fraction of sp³-hybridized carbons (Fsp3) is 0.208. The summed E-state index contributed by atoms with van der Waals surface area (Å²) < 4.78 is 27.0. The van der Waals surface area contributed by atoms with Crippen LogP contribution in [0.25, 0.3) is 0 Å². The molecule has 1 aliphatic heterocycles. The van der Waals surface area contributed by atoms with Gasteiger partial charge in [-0.3, -0.25) is 4.90 Å². The SMILES string of the molecule is Fc1ccc(C(c2ccc(F)cc2)N2CCN(C(=S)Nc3ccc(Cl)cc3Cl)CC2)cc1. The Morgan fingerprint density at radius 2 is 1.34 bits per heavy atom. The van der Waals surface area contributed by atoms with Crippen LogP contribution in [0, 0.1) is 11.6 Å². The van der Waals surface area contributed by atoms with Crippen LogP contribution in [0.4, 0.5) is 14.5 Å². The van der Waals surface area contributed by atoms with Gasteiger partial charge in [-0.1, -0.05) is 47.5 Å². The van der Waals surface area contributed by atoms with E-state index in [0.717, 1.165) is 24.2 Å². The van der Waals surface area contributed by atoms with Gasteiger partial charge in [-0.05, 0) is 65.8 Å². The maximum Gasteiger partial charge on any atom is 0.173 e. The third-order valence-corrected chi connectivity index (χ3v) is 6.42. The number of halogens is 4. The first-order valence-corrected chi connectivity index (χ1v) is 11.3.